The number of pyridine rings is 2. The van der Waals surface area contributed by atoms with E-state index in [4.69, 9.17) is 19.5 Å². The lowest BCUT2D eigenvalue weighted by Crippen LogP contribution is -2.58. The first-order valence-electron chi connectivity index (χ1n) is 25.0. The van der Waals surface area contributed by atoms with Crippen molar-refractivity contribution in [3.05, 3.63) is 172 Å². The van der Waals surface area contributed by atoms with Crippen LogP contribution in [0.15, 0.2) is 138 Å². The van der Waals surface area contributed by atoms with Gasteiger partial charge >= 0.3 is 7.12 Å². The minimum absolute atomic E-state index is 0.0566. The normalized spacial score (nSPS) is 16.7. The zero-order valence-electron chi connectivity index (χ0n) is 43.9. The number of benzene rings is 4. The highest BCUT2D eigenvalue weighted by Gasteiger charge is 2.39. The first-order valence-corrected chi connectivity index (χ1v) is 25.8. The van der Waals surface area contributed by atoms with E-state index >= 15 is 0 Å². The molecule has 72 heavy (non-hydrogen) atoms. The molecule has 0 bridgehead atoms. The second-order valence-corrected chi connectivity index (χ2v) is 23.4. The molecule has 10 nitrogen and oxygen atoms in total. The van der Waals surface area contributed by atoms with Gasteiger partial charge < -0.3 is 30.2 Å². The number of ketones is 2. The molecule has 2 saturated heterocycles. The van der Waals surface area contributed by atoms with Crippen molar-refractivity contribution >= 4 is 40.1 Å². The number of hydrogen-bond donors (Lipinski definition) is 4. The summed E-state index contributed by atoms with van der Waals surface area (Å²) in [4.78, 5) is 33.8. The number of rotatable bonds is 14. The number of carbonyl (C=O) groups excluding carboxylic acids is 2. The maximum Gasteiger partial charge on any atom is 0.490 e. The molecule has 2 aliphatic rings. The molecule has 0 aliphatic carbocycles. The highest BCUT2D eigenvalue weighted by Crippen LogP contribution is 2.37. The molecule has 380 valence electrons. The van der Waals surface area contributed by atoms with Crippen LogP contribution in [-0.4, -0.2) is 60.9 Å². The molecule has 2 aliphatic heterocycles. The smallest absolute Gasteiger partial charge is 0.489 e. The van der Waals surface area contributed by atoms with Crippen molar-refractivity contribution in [2.45, 2.75) is 143 Å². The van der Waals surface area contributed by atoms with Gasteiger partial charge in [-0.1, -0.05) is 88.7 Å². The average Bonchev–Trinajstić information content (AvgIpc) is 3.29. The monoisotopic (exact) mass is 1040 g/mol. The second kappa shape index (κ2) is 24.5. The predicted molar refractivity (Wildman–Crippen MR) is 295 cm³/mol. The molecule has 0 spiro atoms. The number of aryl methyl sites for hydroxylation is 2. The fraction of sp³-hybridized carbons (Fsp3) is 0.400. The van der Waals surface area contributed by atoms with E-state index in [0.29, 0.717) is 43.4 Å². The maximum absolute atomic E-state index is 13.0. The third kappa shape index (κ3) is 17.9. The Balaban J connectivity index is 0.000000200. The number of piperidine rings is 2. The van der Waals surface area contributed by atoms with Crippen LogP contribution in [-0.2, 0) is 13.2 Å². The van der Waals surface area contributed by atoms with Crippen LogP contribution in [0.25, 0.3) is 11.1 Å². The van der Waals surface area contributed by atoms with Gasteiger partial charge in [0.05, 0.1) is 0 Å². The van der Waals surface area contributed by atoms with Crippen molar-refractivity contribution in [3.8, 4) is 22.6 Å². The van der Waals surface area contributed by atoms with Crippen molar-refractivity contribution < 1.29 is 29.1 Å². The van der Waals surface area contributed by atoms with Crippen LogP contribution in [0.4, 0.5) is 0 Å². The average molecular weight is 1040 g/mol. The standard InChI is InChI=1S/C30H36N2O2.C24H30BrNO2.C6H8BNO2/c1-21-13-26(19-31-18-21)25-7-6-8-27(15-25)34-20-22-9-11-24(12-10-22)28(33)14-23-16-29(2,3)32-30(4,5)17-23;1-23(2)14-18(15-24(3,4)26-23)12-22(27)19-10-8-17(9-11-19)16-28-21-7-5-6-20(25)13-21;1-5-2-6(7(9)10)4-8-3-5/h6-13,15,18-19,23,32H,14,16-17,20H2,1-5H3;5-11,13,18,26H,12,14-16H2,1-4H3;2-4,9-10H,1H3. The zero-order chi connectivity index (χ0) is 52.3. The van der Waals surface area contributed by atoms with Gasteiger partial charge in [0.25, 0.3) is 0 Å². The van der Waals surface area contributed by atoms with E-state index in [2.05, 4.69) is 104 Å². The van der Waals surface area contributed by atoms with Crippen LogP contribution in [0.1, 0.15) is 137 Å². The highest BCUT2D eigenvalue weighted by molar-refractivity contribution is 9.10. The summed E-state index contributed by atoms with van der Waals surface area (Å²) in [7, 11) is -1.41. The largest absolute Gasteiger partial charge is 0.490 e. The van der Waals surface area contributed by atoms with E-state index < -0.39 is 7.12 Å². The van der Waals surface area contributed by atoms with E-state index in [9.17, 15) is 9.59 Å². The molecule has 4 heterocycles. The number of aromatic nitrogens is 2. The fourth-order valence-electron chi connectivity index (χ4n) is 10.8. The predicted octanol–water partition coefficient (Wildman–Crippen LogP) is 12.0. The molecule has 12 heteroatoms. The van der Waals surface area contributed by atoms with E-state index in [1.807, 2.05) is 117 Å². The van der Waals surface area contributed by atoms with Crippen LogP contribution in [0.5, 0.6) is 11.5 Å². The van der Waals surface area contributed by atoms with Crippen LogP contribution in [0, 0.1) is 25.7 Å². The van der Waals surface area contributed by atoms with Gasteiger partial charge in [0.15, 0.2) is 11.6 Å². The Morgan fingerprint density at radius 2 is 1.00 bits per heavy atom. The van der Waals surface area contributed by atoms with Crippen molar-refractivity contribution in [1.82, 2.24) is 20.6 Å². The number of carbonyl (C=O) groups is 2. The Labute approximate surface area is 437 Å². The molecule has 4 N–H and O–H groups in total. The topological polar surface area (TPSA) is 143 Å². The lowest BCUT2D eigenvalue weighted by molar-refractivity contribution is 0.0852. The van der Waals surface area contributed by atoms with Crippen LogP contribution < -0.4 is 25.6 Å². The molecule has 0 amide bonds. The molecule has 2 fully saturated rings. The number of Topliss-reactive ketones (excluding diaryl/α,β-unsaturated/α-hetero) is 2. The minimum atomic E-state index is -1.41. The van der Waals surface area contributed by atoms with E-state index in [1.165, 1.54) is 6.20 Å². The molecule has 0 saturated carbocycles. The SMILES string of the molecule is CC1(C)CC(CC(=O)c2ccc(COc3cccc(Br)c3)cc2)CC(C)(C)N1.Cc1cncc(-c2cccc(OCc3ccc(C(=O)CC4CC(C)(C)NC(C)(C)C4)cc3)c2)c1.Cc1cncc(B(O)O)c1. The van der Waals surface area contributed by atoms with E-state index in [1.54, 1.807) is 12.3 Å². The summed E-state index contributed by atoms with van der Waals surface area (Å²) >= 11 is 3.45. The maximum atomic E-state index is 13.0. The van der Waals surface area contributed by atoms with Gasteiger partial charge in [0.1, 0.15) is 24.7 Å². The van der Waals surface area contributed by atoms with Gasteiger partial charge in [-0.25, -0.2) is 0 Å². The number of nitrogens with one attached hydrogen (secondary N) is 2. The van der Waals surface area contributed by atoms with Crippen molar-refractivity contribution in [2.75, 3.05) is 0 Å². The van der Waals surface area contributed by atoms with Gasteiger partial charge in [0.2, 0.25) is 0 Å². The Hall–Kier alpha value is -5.50. The number of halogens is 1. The first kappa shape index (κ1) is 55.8. The second-order valence-electron chi connectivity index (χ2n) is 22.5. The number of nitrogens with zero attached hydrogens (tertiary/aromatic N) is 2. The summed E-state index contributed by atoms with van der Waals surface area (Å²) in [6.45, 7) is 22.7. The molecular weight excluding hydrogens is 963 g/mol. The van der Waals surface area contributed by atoms with Crippen molar-refractivity contribution in [3.63, 3.8) is 0 Å². The van der Waals surface area contributed by atoms with Gasteiger partial charge in [-0.3, -0.25) is 19.6 Å². The van der Waals surface area contributed by atoms with E-state index in [-0.39, 0.29) is 33.7 Å². The molecular formula is C60H74BBrN4O6. The van der Waals surface area contributed by atoms with Gasteiger partial charge in [0, 0.05) is 86.4 Å². The van der Waals surface area contributed by atoms with E-state index in [0.717, 1.165) is 86.2 Å². The van der Waals surface area contributed by atoms with Crippen LogP contribution >= 0.6 is 15.9 Å². The number of ether oxygens (including phenoxy) is 2. The van der Waals surface area contributed by atoms with Crippen molar-refractivity contribution in [1.29, 1.82) is 0 Å². The van der Waals surface area contributed by atoms with Gasteiger partial charge in [-0.2, -0.15) is 0 Å². The Bertz CT molecular complexity index is 2710. The fourth-order valence-corrected chi connectivity index (χ4v) is 11.2. The molecule has 0 atom stereocenters. The number of hydrogen-bond acceptors (Lipinski definition) is 10. The summed E-state index contributed by atoms with van der Waals surface area (Å²) in [5.74, 6) is 2.92. The van der Waals surface area contributed by atoms with Gasteiger partial charge in [-0.15, -0.1) is 0 Å². The van der Waals surface area contributed by atoms with Crippen LogP contribution in [0.2, 0.25) is 0 Å². The van der Waals surface area contributed by atoms with Gasteiger partial charge in [-0.05, 0) is 171 Å². The first-order chi connectivity index (χ1) is 33.9. The molecule has 0 unspecified atom stereocenters. The highest BCUT2D eigenvalue weighted by atomic mass is 79.9. The summed E-state index contributed by atoms with van der Waals surface area (Å²) in [6.07, 6.45) is 12.1. The Morgan fingerprint density at radius 3 is 1.42 bits per heavy atom. The quantitative estimate of drug-likeness (QED) is 0.0615. The Kier molecular flexibility index (Phi) is 19.0. The lowest BCUT2D eigenvalue weighted by Gasteiger charge is -2.46. The Morgan fingerprint density at radius 1 is 0.569 bits per heavy atom. The molecule has 6 aromatic rings. The molecule has 0 radical (unpaired) electrons. The molecule has 2 aromatic heterocycles. The van der Waals surface area contributed by atoms with Crippen LogP contribution in [0.3, 0.4) is 0 Å². The molecule has 8 rings (SSSR count). The summed E-state index contributed by atoms with van der Waals surface area (Å²) < 4.78 is 12.9. The molecule has 4 aromatic carbocycles. The minimum Gasteiger partial charge on any atom is -0.489 e. The zero-order valence-corrected chi connectivity index (χ0v) is 45.5. The lowest BCUT2D eigenvalue weighted by atomic mass is 9.74. The summed E-state index contributed by atoms with van der Waals surface area (Å²) in [6, 6.07) is 35.4. The van der Waals surface area contributed by atoms with Crippen molar-refractivity contribution in [2.24, 2.45) is 11.8 Å². The third-order valence-corrected chi connectivity index (χ3v) is 13.4. The summed E-state index contributed by atoms with van der Waals surface area (Å²) in [5.41, 5.74) is 8.57. The third-order valence-electron chi connectivity index (χ3n) is 12.9. The summed E-state index contributed by atoms with van der Waals surface area (Å²) in [5, 5.41) is 24.7.